The second-order valence-electron chi connectivity index (χ2n) is 4.50. The molecule has 0 aromatic heterocycles. The third-order valence-electron chi connectivity index (χ3n) is 3.15. The molecule has 2 nitrogen and oxygen atoms in total. The summed E-state index contributed by atoms with van der Waals surface area (Å²) in [6.07, 6.45) is 4.52. The fourth-order valence-electron chi connectivity index (χ4n) is 2.19. The summed E-state index contributed by atoms with van der Waals surface area (Å²) in [5.74, 6) is -1.08. The molecule has 1 saturated carbocycles. The van der Waals surface area contributed by atoms with Crippen LogP contribution in [0.4, 0.5) is 8.78 Å². The van der Waals surface area contributed by atoms with Crippen LogP contribution >= 0.6 is 0 Å². The summed E-state index contributed by atoms with van der Waals surface area (Å²) < 4.78 is 26.9. The lowest BCUT2D eigenvalue weighted by atomic mass is 10.1. The number of rotatable bonds is 4. The van der Waals surface area contributed by atoms with Crippen LogP contribution in [0.25, 0.3) is 0 Å². The molecular formula is C13H17F2NO. The van der Waals surface area contributed by atoms with Crippen molar-refractivity contribution in [1.82, 2.24) is 5.48 Å². The van der Waals surface area contributed by atoms with Crippen molar-refractivity contribution in [3.05, 3.63) is 35.4 Å². The van der Waals surface area contributed by atoms with Crippen molar-refractivity contribution in [1.29, 1.82) is 0 Å². The molecule has 1 N–H and O–H groups in total. The zero-order valence-electron chi connectivity index (χ0n) is 9.88. The molecule has 1 aliphatic rings. The van der Waals surface area contributed by atoms with Gasteiger partial charge in [-0.1, -0.05) is 18.9 Å². The Morgan fingerprint density at radius 2 is 1.82 bits per heavy atom. The fourth-order valence-corrected chi connectivity index (χ4v) is 2.19. The Hall–Kier alpha value is -1.00. The maximum absolute atomic E-state index is 13.5. The van der Waals surface area contributed by atoms with E-state index in [0.29, 0.717) is 0 Å². The average molecular weight is 241 g/mol. The Labute approximate surface area is 99.9 Å². The summed E-state index contributed by atoms with van der Waals surface area (Å²) in [5.41, 5.74) is 2.78. The Bertz CT molecular complexity index is 357. The smallest absolute Gasteiger partial charge is 0.130 e. The molecule has 0 heterocycles. The van der Waals surface area contributed by atoms with Gasteiger partial charge in [-0.25, -0.2) is 8.78 Å². The summed E-state index contributed by atoms with van der Waals surface area (Å²) in [6, 6.07) is 3.38. The van der Waals surface area contributed by atoms with E-state index in [1.54, 1.807) is 6.92 Å². The van der Waals surface area contributed by atoms with Crippen molar-refractivity contribution in [3.8, 4) is 0 Å². The first-order chi connectivity index (χ1) is 8.18. The Morgan fingerprint density at radius 3 is 2.41 bits per heavy atom. The van der Waals surface area contributed by atoms with Crippen molar-refractivity contribution in [2.45, 2.75) is 44.8 Å². The lowest BCUT2D eigenvalue weighted by Gasteiger charge is -2.18. The summed E-state index contributed by atoms with van der Waals surface area (Å²) in [6.45, 7) is 1.69. The van der Waals surface area contributed by atoms with Crippen LogP contribution in [0.1, 0.15) is 44.2 Å². The molecule has 0 amide bonds. The molecule has 1 atom stereocenters. The minimum atomic E-state index is -0.542. The molecule has 94 valence electrons. The Balaban J connectivity index is 1.96. The maximum atomic E-state index is 13.5. The van der Waals surface area contributed by atoms with Crippen LogP contribution in [-0.4, -0.2) is 6.10 Å². The molecule has 0 spiro atoms. The molecule has 0 aliphatic heterocycles. The van der Waals surface area contributed by atoms with Crippen molar-refractivity contribution >= 4 is 0 Å². The van der Waals surface area contributed by atoms with Gasteiger partial charge < -0.3 is 0 Å². The monoisotopic (exact) mass is 241 g/mol. The van der Waals surface area contributed by atoms with Crippen molar-refractivity contribution in [3.63, 3.8) is 0 Å². The van der Waals surface area contributed by atoms with Crippen LogP contribution in [0.2, 0.25) is 0 Å². The molecule has 1 aromatic carbocycles. The summed E-state index contributed by atoms with van der Waals surface area (Å²) >= 11 is 0. The summed E-state index contributed by atoms with van der Waals surface area (Å²) in [4.78, 5) is 5.45. The average Bonchev–Trinajstić information content (AvgIpc) is 2.79. The number of nitrogens with one attached hydrogen (secondary N) is 1. The van der Waals surface area contributed by atoms with Gasteiger partial charge in [-0.2, -0.15) is 5.48 Å². The highest BCUT2D eigenvalue weighted by molar-refractivity contribution is 5.22. The van der Waals surface area contributed by atoms with E-state index in [1.165, 1.54) is 18.2 Å². The molecule has 0 bridgehead atoms. The maximum Gasteiger partial charge on any atom is 0.130 e. The zero-order chi connectivity index (χ0) is 12.3. The predicted octanol–water partition coefficient (Wildman–Crippen LogP) is 3.49. The SMILES string of the molecule is CC(NOC1CCCC1)c1c(F)cccc1F. The van der Waals surface area contributed by atoms with Crippen LogP contribution < -0.4 is 5.48 Å². The van der Waals surface area contributed by atoms with Gasteiger partial charge in [0.1, 0.15) is 11.6 Å². The molecule has 1 unspecified atom stereocenters. The van der Waals surface area contributed by atoms with E-state index in [1.807, 2.05) is 0 Å². The van der Waals surface area contributed by atoms with E-state index in [9.17, 15) is 8.78 Å². The first-order valence-corrected chi connectivity index (χ1v) is 6.03. The largest absolute Gasteiger partial charge is 0.298 e. The third kappa shape index (κ3) is 3.01. The molecule has 0 radical (unpaired) electrons. The number of hydrogen-bond acceptors (Lipinski definition) is 2. The standard InChI is InChI=1S/C13H17F2NO/c1-9(16-17-10-5-2-3-6-10)13-11(14)7-4-8-12(13)15/h4,7-10,16H,2-3,5-6H2,1H3. The fraction of sp³-hybridized carbons (Fsp3) is 0.538. The molecule has 1 aliphatic carbocycles. The number of hydrogen-bond donors (Lipinski definition) is 1. The van der Waals surface area contributed by atoms with E-state index in [-0.39, 0.29) is 11.7 Å². The van der Waals surface area contributed by atoms with E-state index < -0.39 is 17.7 Å². The van der Waals surface area contributed by atoms with Gasteiger partial charge in [0.15, 0.2) is 0 Å². The topological polar surface area (TPSA) is 21.3 Å². The number of benzene rings is 1. The predicted molar refractivity (Wildman–Crippen MR) is 61.2 cm³/mol. The van der Waals surface area contributed by atoms with E-state index in [4.69, 9.17) is 4.84 Å². The normalized spacial score (nSPS) is 18.5. The van der Waals surface area contributed by atoms with Gasteiger partial charge in [0.2, 0.25) is 0 Å². The highest BCUT2D eigenvalue weighted by Gasteiger charge is 2.20. The van der Waals surface area contributed by atoms with E-state index >= 15 is 0 Å². The molecular weight excluding hydrogens is 224 g/mol. The van der Waals surface area contributed by atoms with Crippen LogP contribution in [0.15, 0.2) is 18.2 Å². The van der Waals surface area contributed by atoms with Gasteiger partial charge in [0.05, 0.1) is 12.1 Å². The highest BCUT2D eigenvalue weighted by atomic mass is 19.1. The first kappa shape index (κ1) is 12.5. The van der Waals surface area contributed by atoms with Gasteiger partial charge in [-0.05, 0) is 31.9 Å². The summed E-state index contributed by atoms with van der Waals surface area (Å²) in [7, 11) is 0. The van der Waals surface area contributed by atoms with Gasteiger partial charge in [0.25, 0.3) is 0 Å². The molecule has 4 heteroatoms. The van der Waals surface area contributed by atoms with Crippen LogP contribution in [0, 0.1) is 11.6 Å². The van der Waals surface area contributed by atoms with Crippen LogP contribution in [-0.2, 0) is 4.84 Å². The van der Waals surface area contributed by atoms with E-state index in [2.05, 4.69) is 5.48 Å². The van der Waals surface area contributed by atoms with Gasteiger partial charge in [-0.15, -0.1) is 0 Å². The van der Waals surface area contributed by atoms with Crippen molar-refractivity contribution in [2.75, 3.05) is 0 Å². The second kappa shape index (κ2) is 5.56. The first-order valence-electron chi connectivity index (χ1n) is 6.03. The van der Waals surface area contributed by atoms with Crippen molar-refractivity contribution < 1.29 is 13.6 Å². The molecule has 2 rings (SSSR count). The van der Waals surface area contributed by atoms with Gasteiger partial charge >= 0.3 is 0 Å². The lowest BCUT2D eigenvalue weighted by Crippen LogP contribution is -2.26. The van der Waals surface area contributed by atoms with Crippen LogP contribution in [0.5, 0.6) is 0 Å². The lowest BCUT2D eigenvalue weighted by molar-refractivity contribution is -0.0387. The zero-order valence-corrected chi connectivity index (χ0v) is 9.88. The van der Waals surface area contributed by atoms with Gasteiger partial charge in [-0.3, -0.25) is 4.84 Å². The van der Waals surface area contributed by atoms with Crippen LogP contribution in [0.3, 0.4) is 0 Å². The van der Waals surface area contributed by atoms with Gasteiger partial charge in [0, 0.05) is 5.56 Å². The Morgan fingerprint density at radius 1 is 1.24 bits per heavy atom. The second-order valence-corrected chi connectivity index (χ2v) is 4.50. The third-order valence-corrected chi connectivity index (χ3v) is 3.15. The number of halogens is 2. The minimum Gasteiger partial charge on any atom is -0.298 e. The minimum absolute atomic E-state index is 0.0329. The highest BCUT2D eigenvalue weighted by Crippen LogP contribution is 2.23. The quantitative estimate of drug-likeness (QED) is 0.815. The van der Waals surface area contributed by atoms with Crippen molar-refractivity contribution in [2.24, 2.45) is 0 Å². The molecule has 1 fully saturated rings. The summed E-state index contributed by atoms with van der Waals surface area (Å²) in [5, 5.41) is 0. The number of hydroxylamine groups is 1. The molecule has 1 aromatic rings. The molecule has 17 heavy (non-hydrogen) atoms. The van der Waals surface area contributed by atoms with E-state index in [0.717, 1.165) is 25.7 Å². The Kier molecular flexibility index (Phi) is 4.07. The molecule has 0 saturated heterocycles.